The molecule has 0 amide bonds. The molecule has 1 aromatic rings. The maximum atomic E-state index is 13.5. The highest BCUT2D eigenvalue weighted by molar-refractivity contribution is 5.54. The molecule has 104 valence electrons. The van der Waals surface area contributed by atoms with Gasteiger partial charge in [-0.25, -0.2) is 4.39 Å². The van der Waals surface area contributed by atoms with Gasteiger partial charge >= 0.3 is 0 Å². The second kappa shape index (κ2) is 5.47. The average molecular weight is 264 g/mol. The molecule has 1 aliphatic carbocycles. The molecule has 0 radical (unpaired) electrons. The first-order valence-corrected chi connectivity index (χ1v) is 7.06. The van der Waals surface area contributed by atoms with Crippen molar-refractivity contribution in [2.45, 2.75) is 37.9 Å². The van der Waals surface area contributed by atoms with Gasteiger partial charge < -0.3 is 15.0 Å². The van der Waals surface area contributed by atoms with Gasteiger partial charge in [0.25, 0.3) is 0 Å². The predicted octanol–water partition coefficient (Wildman–Crippen LogP) is 2.30. The summed E-state index contributed by atoms with van der Waals surface area (Å²) in [4.78, 5) is 2.23. The lowest BCUT2D eigenvalue weighted by Gasteiger charge is -2.28. The van der Waals surface area contributed by atoms with Crippen molar-refractivity contribution in [2.75, 3.05) is 25.2 Å². The van der Waals surface area contributed by atoms with Crippen molar-refractivity contribution in [3.8, 4) is 0 Å². The Balaban J connectivity index is 1.76. The van der Waals surface area contributed by atoms with Crippen LogP contribution in [0.4, 0.5) is 10.1 Å². The van der Waals surface area contributed by atoms with Crippen LogP contribution in [0.3, 0.4) is 0 Å². The van der Waals surface area contributed by atoms with Crippen molar-refractivity contribution in [3.05, 3.63) is 29.6 Å². The minimum atomic E-state index is -0.160. The van der Waals surface area contributed by atoms with Crippen molar-refractivity contribution < 1.29 is 9.13 Å². The summed E-state index contributed by atoms with van der Waals surface area (Å²) in [7, 11) is 2.08. The largest absolute Gasteiger partial charge is 0.379 e. The van der Waals surface area contributed by atoms with Gasteiger partial charge in [0.05, 0.1) is 12.6 Å². The van der Waals surface area contributed by atoms with Gasteiger partial charge in [-0.2, -0.15) is 0 Å². The van der Waals surface area contributed by atoms with Gasteiger partial charge in [-0.05, 0) is 43.0 Å². The standard InChI is InChI=1S/C15H21FN2O/c1-18(14-6-7-19-10-14)15-5-2-12(16)8-11(15)9-17-13-3-4-13/h2,5,8,13-14,17H,3-4,6-7,9-10H2,1H3. The Morgan fingerprint density at radius 2 is 2.21 bits per heavy atom. The fourth-order valence-corrected chi connectivity index (χ4v) is 2.61. The van der Waals surface area contributed by atoms with Crippen LogP contribution in [-0.2, 0) is 11.3 Å². The molecule has 0 aromatic heterocycles. The summed E-state index contributed by atoms with van der Waals surface area (Å²) in [6, 6.07) is 6.12. The molecule has 4 heteroatoms. The van der Waals surface area contributed by atoms with Gasteiger partial charge in [0.15, 0.2) is 0 Å². The lowest BCUT2D eigenvalue weighted by atomic mass is 10.1. The van der Waals surface area contributed by atoms with E-state index in [0.29, 0.717) is 12.1 Å². The van der Waals surface area contributed by atoms with Crippen LogP contribution in [0.2, 0.25) is 0 Å². The van der Waals surface area contributed by atoms with Crippen LogP contribution in [0.25, 0.3) is 0 Å². The summed E-state index contributed by atoms with van der Waals surface area (Å²) in [5.41, 5.74) is 2.16. The number of rotatable bonds is 5. The third-order valence-electron chi connectivity index (χ3n) is 4.03. The van der Waals surface area contributed by atoms with Crippen LogP contribution in [0.1, 0.15) is 24.8 Å². The highest BCUT2D eigenvalue weighted by Gasteiger charge is 2.24. The van der Waals surface area contributed by atoms with E-state index in [4.69, 9.17) is 4.74 Å². The Morgan fingerprint density at radius 1 is 1.37 bits per heavy atom. The van der Waals surface area contributed by atoms with Gasteiger partial charge in [0.1, 0.15) is 5.82 Å². The Labute approximate surface area is 113 Å². The van der Waals surface area contributed by atoms with Gasteiger partial charge in [0.2, 0.25) is 0 Å². The first-order chi connectivity index (χ1) is 9.24. The number of hydrogen-bond donors (Lipinski definition) is 1. The Kier molecular flexibility index (Phi) is 3.71. The topological polar surface area (TPSA) is 24.5 Å². The van der Waals surface area contributed by atoms with Gasteiger partial charge in [0, 0.05) is 31.9 Å². The Hall–Kier alpha value is -1.13. The maximum absolute atomic E-state index is 13.5. The Morgan fingerprint density at radius 3 is 2.89 bits per heavy atom. The number of ether oxygens (including phenoxy) is 1. The van der Waals surface area contributed by atoms with E-state index in [0.717, 1.165) is 37.4 Å². The van der Waals surface area contributed by atoms with Crippen LogP contribution in [0.5, 0.6) is 0 Å². The molecular weight excluding hydrogens is 243 g/mol. The number of hydrogen-bond acceptors (Lipinski definition) is 3. The molecule has 1 N–H and O–H groups in total. The predicted molar refractivity (Wildman–Crippen MR) is 73.9 cm³/mol. The summed E-state index contributed by atoms with van der Waals surface area (Å²) in [5.74, 6) is -0.160. The number of likely N-dealkylation sites (N-methyl/N-ethyl adjacent to an activating group) is 1. The fourth-order valence-electron chi connectivity index (χ4n) is 2.61. The zero-order chi connectivity index (χ0) is 13.2. The van der Waals surface area contributed by atoms with Crippen molar-refractivity contribution >= 4 is 5.69 Å². The molecular formula is C15H21FN2O. The van der Waals surface area contributed by atoms with E-state index in [-0.39, 0.29) is 5.82 Å². The van der Waals surface area contributed by atoms with Crippen molar-refractivity contribution in [2.24, 2.45) is 0 Å². The van der Waals surface area contributed by atoms with Gasteiger partial charge in [-0.15, -0.1) is 0 Å². The SMILES string of the molecule is CN(c1ccc(F)cc1CNC1CC1)C1CCOC1. The summed E-state index contributed by atoms with van der Waals surface area (Å²) >= 11 is 0. The molecule has 2 fully saturated rings. The number of nitrogens with zero attached hydrogens (tertiary/aromatic N) is 1. The van der Waals surface area contributed by atoms with E-state index < -0.39 is 0 Å². The molecule has 19 heavy (non-hydrogen) atoms. The zero-order valence-electron chi connectivity index (χ0n) is 11.4. The molecule has 1 unspecified atom stereocenters. The minimum absolute atomic E-state index is 0.160. The molecule has 1 aromatic carbocycles. The summed E-state index contributed by atoms with van der Waals surface area (Å²) in [5, 5.41) is 3.46. The normalized spacial score (nSPS) is 22.7. The van der Waals surface area contributed by atoms with Crippen LogP contribution < -0.4 is 10.2 Å². The first kappa shape index (κ1) is 12.9. The number of benzene rings is 1. The van der Waals surface area contributed by atoms with Crippen molar-refractivity contribution in [3.63, 3.8) is 0 Å². The van der Waals surface area contributed by atoms with Crippen molar-refractivity contribution in [1.82, 2.24) is 5.32 Å². The summed E-state index contributed by atoms with van der Waals surface area (Å²) in [6.45, 7) is 2.34. The summed E-state index contributed by atoms with van der Waals surface area (Å²) in [6.07, 6.45) is 3.54. The molecule has 0 spiro atoms. The average Bonchev–Trinajstić information content (AvgIpc) is 3.07. The van der Waals surface area contributed by atoms with Gasteiger partial charge in [-0.1, -0.05) is 0 Å². The van der Waals surface area contributed by atoms with Crippen LogP contribution in [0, 0.1) is 5.82 Å². The quantitative estimate of drug-likeness (QED) is 0.883. The molecule has 2 aliphatic rings. The highest BCUT2D eigenvalue weighted by Crippen LogP contribution is 2.26. The van der Waals surface area contributed by atoms with E-state index in [1.54, 1.807) is 12.1 Å². The van der Waals surface area contributed by atoms with Gasteiger partial charge in [-0.3, -0.25) is 0 Å². The first-order valence-electron chi connectivity index (χ1n) is 7.06. The smallest absolute Gasteiger partial charge is 0.123 e. The molecule has 3 nitrogen and oxygen atoms in total. The second-order valence-electron chi connectivity index (χ2n) is 5.56. The van der Waals surface area contributed by atoms with E-state index >= 15 is 0 Å². The molecule has 1 atom stereocenters. The van der Waals surface area contributed by atoms with Crippen molar-refractivity contribution in [1.29, 1.82) is 0 Å². The third-order valence-corrected chi connectivity index (χ3v) is 4.03. The number of anilines is 1. The van der Waals surface area contributed by atoms with E-state index in [1.807, 2.05) is 6.07 Å². The van der Waals surface area contributed by atoms with Crippen LogP contribution >= 0.6 is 0 Å². The molecule has 1 saturated heterocycles. The van der Waals surface area contributed by atoms with E-state index in [1.165, 1.54) is 12.8 Å². The highest BCUT2D eigenvalue weighted by atomic mass is 19.1. The van der Waals surface area contributed by atoms with E-state index in [2.05, 4.69) is 17.3 Å². The lowest BCUT2D eigenvalue weighted by Crippen LogP contribution is -2.33. The molecule has 0 bridgehead atoms. The minimum Gasteiger partial charge on any atom is -0.379 e. The molecule has 3 rings (SSSR count). The monoisotopic (exact) mass is 264 g/mol. The Bertz CT molecular complexity index is 442. The second-order valence-corrected chi connectivity index (χ2v) is 5.56. The molecule has 1 heterocycles. The number of nitrogens with one attached hydrogen (secondary N) is 1. The molecule has 1 aliphatic heterocycles. The van der Waals surface area contributed by atoms with Crippen LogP contribution in [0.15, 0.2) is 18.2 Å². The molecule has 1 saturated carbocycles. The maximum Gasteiger partial charge on any atom is 0.123 e. The number of halogens is 1. The summed E-state index contributed by atoms with van der Waals surface area (Å²) < 4.78 is 18.9. The third kappa shape index (κ3) is 3.07. The van der Waals surface area contributed by atoms with Crippen LogP contribution in [-0.4, -0.2) is 32.3 Å². The fraction of sp³-hybridized carbons (Fsp3) is 0.600. The lowest BCUT2D eigenvalue weighted by molar-refractivity contribution is 0.193. The zero-order valence-corrected chi connectivity index (χ0v) is 11.4. The van der Waals surface area contributed by atoms with E-state index in [9.17, 15) is 4.39 Å².